The highest BCUT2D eigenvalue weighted by Crippen LogP contribution is 2.17. The van der Waals surface area contributed by atoms with Gasteiger partial charge in [-0.3, -0.25) is 9.59 Å². The van der Waals surface area contributed by atoms with Gasteiger partial charge >= 0.3 is 0 Å². The lowest BCUT2D eigenvalue weighted by Gasteiger charge is -2.10. The molecule has 2 amide bonds. The van der Waals surface area contributed by atoms with Crippen LogP contribution in [0.15, 0.2) is 48.5 Å². The molecular weight excluding hydrogens is 334 g/mol. The highest BCUT2D eigenvalue weighted by Gasteiger charge is 2.04. The molecule has 7 heteroatoms. The van der Waals surface area contributed by atoms with Gasteiger partial charge in [0.05, 0.1) is 13.2 Å². The Morgan fingerprint density at radius 1 is 0.923 bits per heavy atom. The maximum absolute atomic E-state index is 12.1. The molecule has 0 heterocycles. The fourth-order valence-corrected chi connectivity index (χ4v) is 2.17. The van der Waals surface area contributed by atoms with Crippen molar-refractivity contribution in [1.29, 1.82) is 0 Å². The Labute approximate surface area is 152 Å². The minimum atomic E-state index is -0.176. The largest absolute Gasteiger partial charge is 0.491 e. The third-order valence-electron chi connectivity index (χ3n) is 3.33. The van der Waals surface area contributed by atoms with Crippen LogP contribution < -0.4 is 20.7 Å². The van der Waals surface area contributed by atoms with Crippen molar-refractivity contribution in [2.75, 3.05) is 42.8 Å². The van der Waals surface area contributed by atoms with E-state index in [-0.39, 0.29) is 18.4 Å². The summed E-state index contributed by atoms with van der Waals surface area (Å²) < 4.78 is 10.4. The molecule has 0 fully saturated rings. The lowest BCUT2D eigenvalue weighted by atomic mass is 10.2. The molecule has 0 aliphatic heterocycles. The van der Waals surface area contributed by atoms with Crippen LogP contribution in [0.5, 0.6) is 5.75 Å². The summed E-state index contributed by atoms with van der Waals surface area (Å²) in [6.45, 7) is 2.52. The summed E-state index contributed by atoms with van der Waals surface area (Å²) in [5, 5.41) is 8.53. The minimum absolute atomic E-state index is 0.119. The quantitative estimate of drug-likeness (QED) is 0.601. The summed E-state index contributed by atoms with van der Waals surface area (Å²) in [5.41, 5.74) is 2.15. The number of methoxy groups -OCH3 is 1. The number of rotatable bonds is 9. The molecule has 0 radical (unpaired) electrons. The Hall–Kier alpha value is -3.06. The fourth-order valence-electron chi connectivity index (χ4n) is 2.17. The Kier molecular flexibility index (Phi) is 7.45. The standard InChI is InChI=1S/C19H23N3O4/c1-14(23)21-16-8-6-15(7-9-16)20-13-19(24)22-17-4-3-5-18(12-17)26-11-10-25-2/h3-9,12,20H,10-11,13H2,1-2H3,(H,21,23)(H,22,24). The molecule has 0 saturated carbocycles. The van der Waals surface area contributed by atoms with Crippen LogP contribution in [0.2, 0.25) is 0 Å². The van der Waals surface area contributed by atoms with E-state index in [1.807, 2.05) is 12.1 Å². The van der Waals surface area contributed by atoms with Crippen molar-refractivity contribution in [2.45, 2.75) is 6.92 Å². The summed E-state index contributed by atoms with van der Waals surface area (Å²) in [7, 11) is 1.61. The molecule has 0 saturated heterocycles. The second kappa shape index (κ2) is 10.0. The molecule has 2 rings (SSSR count). The van der Waals surface area contributed by atoms with Crippen LogP contribution in [0.25, 0.3) is 0 Å². The van der Waals surface area contributed by atoms with Crippen molar-refractivity contribution in [3.63, 3.8) is 0 Å². The van der Waals surface area contributed by atoms with Crippen molar-refractivity contribution in [3.8, 4) is 5.75 Å². The third-order valence-corrected chi connectivity index (χ3v) is 3.33. The van der Waals surface area contributed by atoms with Crippen LogP contribution in [0.4, 0.5) is 17.1 Å². The second-order valence-electron chi connectivity index (χ2n) is 5.53. The third kappa shape index (κ3) is 6.82. The van der Waals surface area contributed by atoms with E-state index in [0.717, 1.165) is 5.69 Å². The summed E-state index contributed by atoms with van der Waals surface area (Å²) in [4.78, 5) is 23.1. The number of carbonyl (C=O) groups excluding carboxylic acids is 2. The molecule has 2 aromatic carbocycles. The fraction of sp³-hybridized carbons (Fsp3) is 0.263. The van der Waals surface area contributed by atoms with E-state index >= 15 is 0 Å². The number of benzene rings is 2. The molecule has 0 bridgehead atoms. The Balaban J connectivity index is 1.81. The normalized spacial score (nSPS) is 10.1. The van der Waals surface area contributed by atoms with E-state index in [2.05, 4.69) is 16.0 Å². The van der Waals surface area contributed by atoms with Crippen LogP contribution >= 0.6 is 0 Å². The van der Waals surface area contributed by atoms with Gasteiger partial charge in [0, 0.05) is 37.2 Å². The van der Waals surface area contributed by atoms with Crippen LogP contribution in [0, 0.1) is 0 Å². The van der Waals surface area contributed by atoms with Crippen molar-refractivity contribution < 1.29 is 19.1 Å². The van der Waals surface area contributed by atoms with Gasteiger partial charge in [0.15, 0.2) is 0 Å². The number of nitrogens with one attached hydrogen (secondary N) is 3. The number of carbonyl (C=O) groups is 2. The first-order chi connectivity index (χ1) is 12.6. The number of ether oxygens (including phenoxy) is 2. The van der Waals surface area contributed by atoms with Gasteiger partial charge in [-0.05, 0) is 36.4 Å². The molecule has 138 valence electrons. The first kappa shape index (κ1) is 19.3. The number of hydrogen-bond donors (Lipinski definition) is 3. The smallest absolute Gasteiger partial charge is 0.243 e. The van der Waals surface area contributed by atoms with Gasteiger partial charge in [-0.25, -0.2) is 0 Å². The molecule has 2 aromatic rings. The zero-order valence-corrected chi connectivity index (χ0v) is 14.9. The molecule has 0 spiro atoms. The van der Waals surface area contributed by atoms with E-state index in [4.69, 9.17) is 9.47 Å². The molecular formula is C19H23N3O4. The van der Waals surface area contributed by atoms with Crippen LogP contribution in [-0.2, 0) is 14.3 Å². The molecule has 0 aliphatic rings. The van der Waals surface area contributed by atoms with Crippen molar-refractivity contribution in [2.24, 2.45) is 0 Å². The molecule has 0 unspecified atom stereocenters. The van der Waals surface area contributed by atoms with Gasteiger partial charge in [-0.1, -0.05) is 6.07 Å². The molecule has 3 N–H and O–H groups in total. The molecule has 7 nitrogen and oxygen atoms in total. The maximum Gasteiger partial charge on any atom is 0.243 e. The van der Waals surface area contributed by atoms with Gasteiger partial charge in [0.1, 0.15) is 12.4 Å². The van der Waals surface area contributed by atoms with Crippen LogP contribution in [0.3, 0.4) is 0 Å². The van der Waals surface area contributed by atoms with E-state index in [1.165, 1.54) is 6.92 Å². The average Bonchev–Trinajstić information content (AvgIpc) is 2.61. The van der Waals surface area contributed by atoms with Crippen molar-refractivity contribution >= 4 is 28.9 Å². The van der Waals surface area contributed by atoms with Crippen molar-refractivity contribution in [3.05, 3.63) is 48.5 Å². The Morgan fingerprint density at radius 3 is 2.35 bits per heavy atom. The van der Waals surface area contributed by atoms with Crippen LogP contribution in [-0.4, -0.2) is 38.7 Å². The van der Waals surface area contributed by atoms with Gasteiger partial charge in [0.25, 0.3) is 0 Å². The average molecular weight is 357 g/mol. The Morgan fingerprint density at radius 2 is 1.65 bits per heavy atom. The minimum Gasteiger partial charge on any atom is -0.491 e. The van der Waals surface area contributed by atoms with Gasteiger partial charge in [-0.2, -0.15) is 0 Å². The summed E-state index contributed by atoms with van der Waals surface area (Å²) in [6, 6.07) is 14.3. The lowest BCUT2D eigenvalue weighted by molar-refractivity contribution is -0.115. The summed E-state index contributed by atoms with van der Waals surface area (Å²) >= 11 is 0. The molecule has 0 aliphatic carbocycles. The highest BCUT2D eigenvalue weighted by atomic mass is 16.5. The predicted octanol–water partition coefficient (Wildman–Crippen LogP) is 2.72. The van der Waals surface area contributed by atoms with E-state index in [9.17, 15) is 9.59 Å². The van der Waals surface area contributed by atoms with E-state index < -0.39 is 0 Å². The van der Waals surface area contributed by atoms with Crippen LogP contribution in [0.1, 0.15) is 6.92 Å². The van der Waals surface area contributed by atoms with E-state index in [0.29, 0.717) is 30.3 Å². The SMILES string of the molecule is COCCOc1cccc(NC(=O)CNc2ccc(NC(C)=O)cc2)c1. The zero-order valence-electron chi connectivity index (χ0n) is 14.9. The first-order valence-electron chi connectivity index (χ1n) is 8.20. The number of anilines is 3. The number of amides is 2. The topological polar surface area (TPSA) is 88.7 Å². The first-order valence-corrected chi connectivity index (χ1v) is 8.20. The van der Waals surface area contributed by atoms with Gasteiger partial charge in [-0.15, -0.1) is 0 Å². The lowest BCUT2D eigenvalue weighted by Crippen LogP contribution is -2.21. The zero-order chi connectivity index (χ0) is 18.8. The van der Waals surface area contributed by atoms with Gasteiger partial charge in [0.2, 0.25) is 11.8 Å². The van der Waals surface area contributed by atoms with E-state index in [1.54, 1.807) is 43.5 Å². The monoisotopic (exact) mass is 357 g/mol. The predicted molar refractivity (Wildman–Crippen MR) is 102 cm³/mol. The van der Waals surface area contributed by atoms with Gasteiger partial charge < -0.3 is 25.4 Å². The molecule has 26 heavy (non-hydrogen) atoms. The second-order valence-corrected chi connectivity index (χ2v) is 5.53. The molecule has 0 atom stereocenters. The number of hydrogen-bond acceptors (Lipinski definition) is 5. The summed E-state index contributed by atoms with van der Waals surface area (Å²) in [6.07, 6.45) is 0. The highest BCUT2D eigenvalue weighted by molar-refractivity contribution is 5.94. The Bertz CT molecular complexity index is 732. The maximum atomic E-state index is 12.1. The molecule has 0 aromatic heterocycles. The summed E-state index contributed by atoms with van der Waals surface area (Å²) in [5.74, 6) is 0.366. The van der Waals surface area contributed by atoms with Crippen molar-refractivity contribution in [1.82, 2.24) is 0 Å².